The first-order valence-electron chi connectivity index (χ1n) is 8.05. The van der Waals surface area contributed by atoms with Gasteiger partial charge in [-0.25, -0.2) is 0 Å². The molecule has 1 aliphatic rings. The van der Waals surface area contributed by atoms with Crippen LogP contribution in [0, 0.1) is 5.92 Å². The molecule has 21 heavy (non-hydrogen) atoms. The third-order valence-corrected chi connectivity index (χ3v) is 4.34. The molecule has 1 saturated heterocycles. The second kappa shape index (κ2) is 7.55. The first kappa shape index (κ1) is 16.0. The summed E-state index contributed by atoms with van der Waals surface area (Å²) in [4.78, 5) is 20.9. The average molecular weight is 289 g/mol. The normalized spacial score (nSPS) is 19.5. The SMILES string of the molecule is CCN(CC)C(=O)c1cncc(CC2CCCN(C)C2)c1. The van der Waals surface area contributed by atoms with Crippen LogP contribution < -0.4 is 0 Å². The van der Waals surface area contributed by atoms with E-state index in [4.69, 9.17) is 0 Å². The number of nitrogens with zero attached hydrogens (tertiary/aromatic N) is 3. The van der Waals surface area contributed by atoms with Crippen LogP contribution in [0.25, 0.3) is 0 Å². The van der Waals surface area contributed by atoms with Crippen LogP contribution >= 0.6 is 0 Å². The number of carbonyl (C=O) groups excluding carboxylic acids is 1. The van der Waals surface area contributed by atoms with Crippen LogP contribution in [0.2, 0.25) is 0 Å². The number of hydrogen-bond donors (Lipinski definition) is 0. The summed E-state index contributed by atoms with van der Waals surface area (Å²) in [6, 6.07) is 2.03. The van der Waals surface area contributed by atoms with Crippen LogP contribution in [0.3, 0.4) is 0 Å². The highest BCUT2D eigenvalue weighted by Gasteiger charge is 2.19. The zero-order valence-corrected chi connectivity index (χ0v) is 13.5. The van der Waals surface area contributed by atoms with E-state index < -0.39 is 0 Å². The minimum absolute atomic E-state index is 0.0927. The highest BCUT2D eigenvalue weighted by molar-refractivity contribution is 5.94. The lowest BCUT2D eigenvalue weighted by atomic mass is 9.92. The van der Waals surface area contributed by atoms with Gasteiger partial charge in [-0.1, -0.05) is 0 Å². The van der Waals surface area contributed by atoms with Crippen molar-refractivity contribution in [3.05, 3.63) is 29.6 Å². The van der Waals surface area contributed by atoms with Gasteiger partial charge in [-0.3, -0.25) is 9.78 Å². The third-order valence-electron chi connectivity index (χ3n) is 4.34. The number of pyridine rings is 1. The lowest BCUT2D eigenvalue weighted by Crippen LogP contribution is -2.33. The molecule has 1 amide bonds. The number of likely N-dealkylation sites (tertiary alicyclic amines) is 1. The fourth-order valence-corrected chi connectivity index (χ4v) is 3.18. The average Bonchev–Trinajstić information content (AvgIpc) is 2.48. The highest BCUT2D eigenvalue weighted by atomic mass is 16.2. The smallest absolute Gasteiger partial charge is 0.255 e. The van der Waals surface area contributed by atoms with Crippen molar-refractivity contribution in [3.8, 4) is 0 Å². The summed E-state index contributed by atoms with van der Waals surface area (Å²) in [6.07, 6.45) is 7.17. The van der Waals surface area contributed by atoms with E-state index in [1.807, 2.05) is 31.0 Å². The molecule has 1 fully saturated rings. The Balaban J connectivity index is 2.05. The van der Waals surface area contributed by atoms with Gasteiger partial charge < -0.3 is 9.80 Å². The van der Waals surface area contributed by atoms with E-state index in [-0.39, 0.29) is 5.91 Å². The van der Waals surface area contributed by atoms with E-state index in [0.717, 1.165) is 31.6 Å². The Kier molecular flexibility index (Phi) is 5.74. The molecule has 0 saturated carbocycles. The largest absolute Gasteiger partial charge is 0.339 e. The Labute approximate surface area is 128 Å². The van der Waals surface area contributed by atoms with Crippen LogP contribution in [0.4, 0.5) is 0 Å². The van der Waals surface area contributed by atoms with Crippen molar-refractivity contribution < 1.29 is 4.79 Å². The molecule has 1 aliphatic heterocycles. The molecule has 116 valence electrons. The molecule has 0 aromatic carbocycles. The fraction of sp³-hybridized carbons (Fsp3) is 0.647. The highest BCUT2D eigenvalue weighted by Crippen LogP contribution is 2.20. The number of aromatic nitrogens is 1. The van der Waals surface area contributed by atoms with Crippen LogP contribution in [-0.2, 0) is 6.42 Å². The van der Waals surface area contributed by atoms with Crippen molar-refractivity contribution in [2.75, 3.05) is 33.2 Å². The molecular weight excluding hydrogens is 262 g/mol. The zero-order valence-electron chi connectivity index (χ0n) is 13.5. The molecule has 2 heterocycles. The second-order valence-corrected chi connectivity index (χ2v) is 6.03. The first-order valence-corrected chi connectivity index (χ1v) is 8.05. The molecule has 4 nitrogen and oxygen atoms in total. The summed E-state index contributed by atoms with van der Waals surface area (Å²) in [5, 5.41) is 0. The predicted molar refractivity (Wildman–Crippen MR) is 85.4 cm³/mol. The Morgan fingerprint density at radius 3 is 2.81 bits per heavy atom. The van der Waals surface area contributed by atoms with Gasteiger partial charge in [0.05, 0.1) is 5.56 Å². The van der Waals surface area contributed by atoms with Crippen LogP contribution in [0.1, 0.15) is 42.6 Å². The van der Waals surface area contributed by atoms with E-state index in [9.17, 15) is 4.79 Å². The van der Waals surface area contributed by atoms with Gasteiger partial charge in [0.25, 0.3) is 5.91 Å². The summed E-state index contributed by atoms with van der Waals surface area (Å²) < 4.78 is 0. The molecular formula is C17H27N3O. The Morgan fingerprint density at radius 2 is 2.14 bits per heavy atom. The maximum atomic E-state index is 12.4. The van der Waals surface area contributed by atoms with E-state index in [1.54, 1.807) is 6.20 Å². The molecule has 1 aromatic heterocycles. The molecule has 0 aliphatic carbocycles. The van der Waals surface area contributed by atoms with Crippen molar-refractivity contribution in [3.63, 3.8) is 0 Å². The molecule has 2 rings (SSSR count). The monoisotopic (exact) mass is 289 g/mol. The standard InChI is InChI=1S/C17H27N3O/c1-4-20(5-2)17(21)16-10-15(11-18-12-16)9-14-7-6-8-19(3)13-14/h10-12,14H,4-9,13H2,1-3H3. The maximum Gasteiger partial charge on any atom is 0.255 e. The van der Waals surface area contributed by atoms with E-state index >= 15 is 0 Å². The lowest BCUT2D eigenvalue weighted by molar-refractivity contribution is 0.0772. The van der Waals surface area contributed by atoms with Crippen molar-refractivity contribution in [1.82, 2.24) is 14.8 Å². The molecule has 0 N–H and O–H groups in total. The van der Waals surface area contributed by atoms with Crippen LogP contribution in [-0.4, -0.2) is 53.9 Å². The van der Waals surface area contributed by atoms with Gasteiger partial charge in [-0.05, 0) is 64.3 Å². The molecule has 0 bridgehead atoms. The van der Waals surface area contributed by atoms with E-state index in [1.165, 1.54) is 24.9 Å². The van der Waals surface area contributed by atoms with Gasteiger partial charge in [0.2, 0.25) is 0 Å². The zero-order chi connectivity index (χ0) is 15.2. The summed E-state index contributed by atoms with van der Waals surface area (Å²) >= 11 is 0. The Bertz CT molecular complexity index is 471. The van der Waals surface area contributed by atoms with Gasteiger partial charge in [-0.2, -0.15) is 0 Å². The first-order chi connectivity index (χ1) is 10.1. The van der Waals surface area contributed by atoms with Gasteiger partial charge >= 0.3 is 0 Å². The molecule has 4 heteroatoms. The van der Waals surface area contributed by atoms with E-state index in [2.05, 4.69) is 16.9 Å². The molecule has 1 unspecified atom stereocenters. The number of carbonyl (C=O) groups is 1. The van der Waals surface area contributed by atoms with Crippen molar-refractivity contribution >= 4 is 5.91 Å². The minimum Gasteiger partial charge on any atom is -0.339 e. The summed E-state index contributed by atoms with van der Waals surface area (Å²) in [7, 11) is 2.19. The van der Waals surface area contributed by atoms with Gasteiger partial charge in [0.1, 0.15) is 0 Å². The number of amides is 1. The fourth-order valence-electron chi connectivity index (χ4n) is 3.18. The van der Waals surface area contributed by atoms with Crippen molar-refractivity contribution in [2.24, 2.45) is 5.92 Å². The summed E-state index contributed by atoms with van der Waals surface area (Å²) in [5.41, 5.74) is 1.91. The number of hydrogen-bond acceptors (Lipinski definition) is 3. The predicted octanol–water partition coefficient (Wildman–Crippen LogP) is 2.45. The number of rotatable bonds is 5. The van der Waals surface area contributed by atoms with Crippen LogP contribution in [0.5, 0.6) is 0 Å². The molecule has 1 atom stereocenters. The van der Waals surface area contributed by atoms with Gasteiger partial charge in [0, 0.05) is 32.0 Å². The minimum atomic E-state index is 0.0927. The Morgan fingerprint density at radius 1 is 1.38 bits per heavy atom. The lowest BCUT2D eigenvalue weighted by Gasteiger charge is -2.29. The third kappa shape index (κ3) is 4.27. The van der Waals surface area contributed by atoms with E-state index in [0.29, 0.717) is 5.92 Å². The number of piperidine rings is 1. The summed E-state index contributed by atoms with van der Waals surface area (Å²) in [5.74, 6) is 0.777. The molecule has 0 radical (unpaired) electrons. The van der Waals surface area contributed by atoms with Crippen molar-refractivity contribution in [2.45, 2.75) is 33.1 Å². The summed E-state index contributed by atoms with van der Waals surface area (Å²) in [6.45, 7) is 7.86. The van der Waals surface area contributed by atoms with Crippen molar-refractivity contribution in [1.29, 1.82) is 0 Å². The van der Waals surface area contributed by atoms with Gasteiger partial charge in [-0.15, -0.1) is 0 Å². The second-order valence-electron chi connectivity index (χ2n) is 6.03. The maximum absolute atomic E-state index is 12.4. The quantitative estimate of drug-likeness (QED) is 0.835. The van der Waals surface area contributed by atoms with Gasteiger partial charge in [0.15, 0.2) is 0 Å². The topological polar surface area (TPSA) is 36.4 Å². The molecule has 0 spiro atoms. The van der Waals surface area contributed by atoms with Crippen LogP contribution in [0.15, 0.2) is 18.5 Å². The molecule has 1 aromatic rings. The Hall–Kier alpha value is -1.42.